The summed E-state index contributed by atoms with van der Waals surface area (Å²) in [5.41, 5.74) is 0.633. The summed E-state index contributed by atoms with van der Waals surface area (Å²) in [5, 5.41) is 12.4. The summed E-state index contributed by atoms with van der Waals surface area (Å²) >= 11 is 2.17. The quantitative estimate of drug-likeness (QED) is 0.804. The molecule has 0 aliphatic carbocycles. The van der Waals surface area contributed by atoms with Crippen LogP contribution in [0.4, 0.5) is 0 Å². The third kappa shape index (κ3) is 5.50. The molecule has 1 aromatic rings. The molecule has 0 radical (unpaired) electrons. The number of carbonyl (C=O) groups is 1. The third-order valence-corrected chi connectivity index (χ3v) is 3.00. The molecule has 3 nitrogen and oxygen atoms in total. The predicted octanol–water partition coefficient (Wildman–Crippen LogP) is 2.43. The molecule has 0 saturated carbocycles. The Morgan fingerprint density at radius 3 is 2.76 bits per heavy atom. The number of aliphatic hydroxyl groups is 1. The van der Waals surface area contributed by atoms with Crippen LogP contribution in [0.15, 0.2) is 24.3 Å². The first-order valence-electron chi connectivity index (χ1n) is 5.71. The molecule has 4 heteroatoms. The van der Waals surface area contributed by atoms with E-state index in [1.807, 2.05) is 32.0 Å². The Morgan fingerprint density at radius 2 is 2.18 bits per heavy atom. The highest BCUT2D eigenvalue weighted by Gasteiger charge is 2.10. The summed E-state index contributed by atoms with van der Waals surface area (Å²) in [6.07, 6.45) is 0.230. The van der Waals surface area contributed by atoms with E-state index < -0.39 is 6.10 Å². The second-order valence-electron chi connectivity index (χ2n) is 4.50. The van der Waals surface area contributed by atoms with Crippen LogP contribution in [-0.2, 0) is 0 Å². The minimum Gasteiger partial charge on any atom is -0.391 e. The number of amides is 1. The molecule has 1 atom stereocenters. The number of hydrogen-bond donors (Lipinski definition) is 2. The molecule has 1 aromatic carbocycles. The lowest BCUT2D eigenvalue weighted by atomic mass is 10.1. The predicted molar refractivity (Wildman–Crippen MR) is 77.0 cm³/mol. The van der Waals surface area contributed by atoms with Gasteiger partial charge in [0.05, 0.1) is 6.10 Å². The van der Waals surface area contributed by atoms with Crippen LogP contribution < -0.4 is 5.32 Å². The van der Waals surface area contributed by atoms with E-state index in [4.69, 9.17) is 0 Å². The van der Waals surface area contributed by atoms with E-state index >= 15 is 0 Å². The first-order valence-corrected chi connectivity index (χ1v) is 6.78. The zero-order valence-electron chi connectivity index (χ0n) is 10.1. The number of rotatable bonds is 5. The normalized spacial score (nSPS) is 12.5. The number of aliphatic hydroxyl groups excluding tert-OH is 1. The van der Waals surface area contributed by atoms with E-state index in [0.29, 0.717) is 24.4 Å². The van der Waals surface area contributed by atoms with Crippen LogP contribution in [0.25, 0.3) is 0 Å². The van der Waals surface area contributed by atoms with Gasteiger partial charge in [0, 0.05) is 15.7 Å². The van der Waals surface area contributed by atoms with Crippen LogP contribution >= 0.6 is 22.6 Å². The van der Waals surface area contributed by atoms with E-state index in [0.717, 1.165) is 3.57 Å². The Morgan fingerprint density at radius 1 is 1.47 bits per heavy atom. The molecule has 0 aliphatic rings. The first-order chi connectivity index (χ1) is 7.99. The lowest BCUT2D eigenvalue weighted by molar-refractivity contribution is 0.0900. The fourth-order valence-electron chi connectivity index (χ4n) is 1.57. The molecule has 0 fully saturated rings. The molecule has 1 unspecified atom stereocenters. The Balaban J connectivity index is 2.45. The lowest BCUT2D eigenvalue weighted by Crippen LogP contribution is -2.32. The van der Waals surface area contributed by atoms with Crippen LogP contribution in [0.2, 0.25) is 0 Å². The van der Waals surface area contributed by atoms with Gasteiger partial charge in [0.1, 0.15) is 0 Å². The molecule has 1 rings (SSSR count). The Kier molecular flexibility index (Phi) is 5.91. The molecule has 17 heavy (non-hydrogen) atoms. The van der Waals surface area contributed by atoms with Gasteiger partial charge in [-0.05, 0) is 53.1 Å². The minimum atomic E-state index is -0.471. The molecule has 0 spiro atoms. The lowest BCUT2D eigenvalue weighted by Gasteiger charge is -2.13. The van der Waals surface area contributed by atoms with E-state index in [1.165, 1.54) is 0 Å². The minimum absolute atomic E-state index is 0.133. The van der Waals surface area contributed by atoms with E-state index in [-0.39, 0.29) is 5.91 Å². The maximum absolute atomic E-state index is 11.8. The summed E-state index contributed by atoms with van der Waals surface area (Å²) < 4.78 is 1.03. The zero-order chi connectivity index (χ0) is 12.8. The van der Waals surface area contributed by atoms with Crippen molar-refractivity contribution in [3.8, 4) is 0 Å². The van der Waals surface area contributed by atoms with E-state index in [9.17, 15) is 9.90 Å². The number of nitrogens with one attached hydrogen (secondary N) is 1. The summed E-state index contributed by atoms with van der Waals surface area (Å²) in [6, 6.07) is 7.38. The maximum Gasteiger partial charge on any atom is 0.251 e. The van der Waals surface area contributed by atoms with Gasteiger partial charge in [-0.2, -0.15) is 0 Å². The second-order valence-corrected chi connectivity index (χ2v) is 5.75. The first kappa shape index (κ1) is 14.4. The average Bonchev–Trinajstić information content (AvgIpc) is 2.25. The molecule has 0 heterocycles. The average molecular weight is 347 g/mol. The van der Waals surface area contributed by atoms with E-state index in [2.05, 4.69) is 27.9 Å². The Hall–Kier alpha value is -0.620. The van der Waals surface area contributed by atoms with Crippen LogP contribution in [-0.4, -0.2) is 23.7 Å². The summed E-state index contributed by atoms with van der Waals surface area (Å²) in [4.78, 5) is 11.8. The number of hydrogen-bond acceptors (Lipinski definition) is 2. The Bertz CT molecular complexity index is 379. The molecule has 94 valence electrons. The molecule has 0 saturated heterocycles. The number of halogens is 1. The van der Waals surface area contributed by atoms with Crippen LogP contribution in [0, 0.1) is 9.49 Å². The summed E-state index contributed by atoms with van der Waals surface area (Å²) in [6.45, 7) is 4.40. The standard InChI is InChI=1S/C13H18INO2/c1-9(2)6-12(16)8-15-13(17)10-4-3-5-11(14)7-10/h3-5,7,9,12,16H,6,8H2,1-2H3,(H,15,17). The van der Waals surface area contributed by atoms with E-state index in [1.54, 1.807) is 6.07 Å². The molecule has 1 amide bonds. The molecular formula is C13H18INO2. The molecule has 0 bridgehead atoms. The second kappa shape index (κ2) is 6.96. The Labute approximate surface area is 116 Å². The number of carbonyl (C=O) groups excluding carboxylic acids is 1. The smallest absolute Gasteiger partial charge is 0.251 e. The van der Waals surface area contributed by atoms with Crippen molar-refractivity contribution in [3.63, 3.8) is 0 Å². The van der Waals surface area contributed by atoms with Gasteiger partial charge in [0.25, 0.3) is 5.91 Å². The van der Waals surface area contributed by atoms with Crippen molar-refractivity contribution in [1.29, 1.82) is 0 Å². The van der Waals surface area contributed by atoms with Gasteiger partial charge < -0.3 is 10.4 Å². The van der Waals surface area contributed by atoms with Crippen LogP contribution in [0.5, 0.6) is 0 Å². The number of benzene rings is 1. The van der Waals surface area contributed by atoms with Gasteiger partial charge in [-0.1, -0.05) is 19.9 Å². The van der Waals surface area contributed by atoms with Crippen LogP contribution in [0.3, 0.4) is 0 Å². The monoisotopic (exact) mass is 347 g/mol. The largest absolute Gasteiger partial charge is 0.391 e. The van der Waals surface area contributed by atoms with Gasteiger partial charge in [-0.15, -0.1) is 0 Å². The van der Waals surface area contributed by atoms with Crippen LogP contribution in [0.1, 0.15) is 30.6 Å². The van der Waals surface area contributed by atoms with Crippen molar-refractivity contribution in [2.24, 2.45) is 5.92 Å². The highest BCUT2D eigenvalue weighted by molar-refractivity contribution is 14.1. The van der Waals surface area contributed by atoms with Gasteiger partial charge in [0.15, 0.2) is 0 Å². The fraction of sp³-hybridized carbons (Fsp3) is 0.462. The maximum atomic E-state index is 11.8. The fourth-order valence-corrected chi connectivity index (χ4v) is 2.11. The van der Waals surface area contributed by atoms with Crippen molar-refractivity contribution < 1.29 is 9.90 Å². The van der Waals surface area contributed by atoms with Crippen molar-refractivity contribution >= 4 is 28.5 Å². The van der Waals surface area contributed by atoms with Gasteiger partial charge in [0.2, 0.25) is 0 Å². The van der Waals surface area contributed by atoms with Gasteiger partial charge in [-0.25, -0.2) is 0 Å². The summed E-state index contributed by atoms with van der Waals surface area (Å²) in [5.74, 6) is 0.297. The molecular weight excluding hydrogens is 329 g/mol. The molecule has 0 aromatic heterocycles. The van der Waals surface area contributed by atoms with Gasteiger partial charge >= 0.3 is 0 Å². The van der Waals surface area contributed by atoms with Crippen molar-refractivity contribution in [2.75, 3.05) is 6.54 Å². The van der Waals surface area contributed by atoms with Crippen molar-refractivity contribution in [2.45, 2.75) is 26.4 Å². The molecule has 2 N–H and O–H groups in total. The zero-order valence-corrected chi connectivity index (χ0v) is 12.3. The third-order valence-electron chi connectivity index (χ3n) is 2.33. The van der Waals surface area contributed by atoms with Crippen molar-refractivity contribution in [3.05, 3.63) is 33.4 Å². The highest BCUT2D eigenvalue weighted by Crippen LogP contribution is 2.08. The topological polar surface area (TPSA) is 49.3 Å². The SMILES string of the molecule is CC(C)CC(O)CNC(=O)c1cccc(I)c1. The summed E-state index contributed by atoms with van der Waals surface area (Å²) in [7, 11) is 0. The van der Waals surface area contributed by atoms with Gasteiger partial charge in [-0.3, -0.25) is 4.79 Å². The molecule has 0 aliphatic heterocycles. The van der Waals surface area contributed by atoms with Crippen molar-refractivity contribution in [1.82, 2.24) is 5.32 Å². The highest BCUT2D eigenvalue weighted by atomic mass is 127.